The third-order valence-corrected chi connectivity index (χ3v) is 3.12. The van der Waals surface area contributed by atoms with Crippen LogP contribution in [0.15, 0.2) is 16.7 Å². The number of aliphatic hydroxyl groups is 1. The summed E-state index contributed by atoms with van der Waals surface area (Å²) in [5, 5.41) is 8.67. The highest BCUT2D eigenvalue weighted by atomic mass is 79.9. The van der Waals surface area contributed by atoms with Gasteiger partial charge in [-0.15, -0.1) is 0 Å². The van der Waals surface area contributed by atoms with E-state index >= 15 is 0 Å². The number of aliphatic hydroxyl groups excluding tert-OH is 1. The SMILES string of the molecule is CN(CCCCCO)C(=O)c1cc(Br)cn1C. The molecule has 1 N–H and O–H groups in total. The molecular weight excluding hydrogens is 284 g/mol. The zero-order chi connectivity index (χ0) is 12.8. The molecule has 0 radical (unpaired) electrons. The summed E-state index contributed by atoms with van der Waals surface area (Å²) < 4.78 is 2.73. The number of aryl methyl sites for hydroxylation is 1. The van der Waals surface area contributed by atoms with Gasteiger partial charge in [-0.1, -0.05) is 0 Å². The Balaban J connectivity index is 2.49. The molecule has 0 aliphatic heterocycles. The number of carbonyl (C=O) groups is 1. The van der Waals surface area contributed by atoms with Crippen molar-refractivity contribution >= 4 is 21.8 Å². The van der Waals surface area contributed by atoms with E-state index in [2.05, 4.69) is 15.9 Å². The van der Waals surface area contributed by atoms with Crippen LogP contribution in [0.25, 0.3) is 0 Å². The molecular formula is C12H19BrN2O2. The number of rotatable bonds is 6. The van der Waals surface area contributed by atoms with Crippen molar-refractivity contribution in [3.63, 3.8) is 0 Å². The van der Waals surface area contributed by atoms with Crippen molar-refractivity contribution < 1.29 is 9.90 Å². The van der Waals surface area contributed by atoms with E-state index in [1.165, 1.54) is 0 Å². The molecule has 0 fully saturated rings. The van der Waals surface area contributed by atoms with Crippen molar-refractivity contribution in [3.8, 4) is 0 Å². The Hall–Kier alpha value is -0.810. The highest BCUT2D eigenvalue weighted by Crippen LogP contribution is 2.15. The van der Waals surface area contributed by atoms with Gasteiger partial charge < -0.3 is 14.6 Å². The van der Waals surface area contributed by atoms with Crippen molar-refractivity contribution in [2.45, 2.75) is 19.3 Å². The van der Waals surface area contributed by atoms with Crippen LogP contribution in [0.3, 0.4) is 0 Å². The minimum Gasteiger partial charge on any atom is -0.396 e. The number of unbranched alkanes of at least 4 members (excludes halogenated alkanes) is 2. The normalized spacial score (nSPS) is 10.6. The van der Waals surface area contributed by atoms with Gasteiger partial charge in [0.2, 0.25) is 0 Å². The topological polar surface area (TPSA) is 45.5 Å². The van der Waals surface area contributed by atoms with Crippen LogP contribution in [-0.2, 0) is 7.05 Å². The van der Waals surface area contributed by atoms with E-state index in [1.807, 2.05) is 30.9 Å². The number of halogens is 1. The number of hydrogen-bond donors (Lipinski definition) is 1. The summed E-state index contributed by atoms with van der Waals surface area (Å²) in [6, 6.07) is 1.83. The van der Waals surface area contributed by atoms with E-state index in [4.69, 9.17) is 5.11 Å². The van der Waals surface area contributed by atoms with Gasteiger partial charge in [-0.05, 0) is 41.3 Å². The van der Waals surface area contributed by atoms with Crippen molar-refractivity contribution in [1.82, 2.24) is 9.47 Å². The van der Waals surface area contributed by atoms with Gasteiger partial charge in [0.05, 0.1) is 0 Å². The molecule has 1 heterocycles. The molecule has 1 amide bonds. The molecule has 0 saturated heterocycles. The maximum Gasteiger partial charge on any atom is 0.270 e. The molecule has 0 aromatic carbocycles. The van der Waals surface area contributed by atoms with E-state index in [-0.39, 0.29) is 12.5 Å². The molecule has 4 nitrogen and oxygen atoms in total. The predicted molar refractivity (Wildman–Crippen MR) is 71.0 cm³/mol. The van der Waals surface area contributed by atoms with E-state index < -0.39 is 0 Å². The quantitative estimate of drug-likeness (QED) is 0.817. The highest BCUT2D eigenvalue weighted by Gasteiger charge is 2.15. The fourth-order valence-corrected chi connectivity index (χ4v) is 2.20. The monoisotopic (exact) mass is 302 g/mol. The second-order valence-corrected chi connectivity index (χ2v) is 5.08. The maximum atomic E-state index is 12.1. The van der Waals surface area contributed by atoms with Gasteiger partial charge in [0, 0.05) is 37.9 Å². The maximum absolute atomic E-state index is 12.1. The van der Waals surface area contributed by atoms with Crippen LogP contribution in [0.4, 0.5) is 0 Å². The van der Waals surface area contributed by atoms with Gasteiger partial charge in [-0.2, -0.15) is 0 Å². The Bertz CT molecular complexity index is 377. The average Bonchev–Trinajstić information content (AvgIpc) is 2.62. The lowest BCUT2D eigenvalue weighted by atomic mass is 10.2. The third-order valence-electron chi connectivity index (χ3n) is 2.69. The molecule has 1 aromatic heterocycles. The Morgan fingerprint density at radius 2 is 2.18 bits per heavy atom. The number of carbonyl (C=O) groups excluding carboxylic acids is 1. The Kier molecular flexibility index (Phi) is 5.71. The zero-order valence-corrected chi connectivity index (χ0v) is 11.9. The second-order valence-electron chi connectivity index (χ2n) is 4.17. The van der Waals surface area contributed by atoms with Crippen molar-refractivity contribution in [1.29, 1.82) is 0 Å². The number of aromatic nitrogens is 1. The number of hydrogen-bond acceptors (Lipinski definition) is 2. The van der Waals surface area contributed by atoms with Gasteiger partial charge in [-0.25, -0.2) is 0 Å². The van der Waals surface area contributed by atoms with Gasteiger partial charge >= 0.3 is 0 Å². The minimum atomic E-state index is 0.0298. The van der Waals surface area contributed by atoms with E-state index in [9.17, 15) is 4.79 Å². The molecule has 1 rings (SSSR count). The summed E-state index contributed by atoms with van der Waals surface area (Å²) in [5.74, 6) is 0.0298. The van der Waals surface area contributed by atoms with Crippen LogP contribution in [0, 0.1) is 0 Å². The van der Waals surface area contributed by atoms with Crippen LogP contribution in [-0.4, -0.2) is 40.7 Å². The first-order chi connectivity index (χ1) is 8.06. The van der Waals surface area contributed by atoms with Crippen LogP contribution < -0.4 is 0 Å². The first kappa shape index (κ1) is 14.3. The third kappa shape index (κ3) is 4.16. The average molecular weight is 303 g/mol. The molecule has 0 bridgehead atoms. The summed E-state index contributed by atoms with van der Waals surface area (Å²) in [7, 11) is 3.67. The van der Waals surface area contributed by atoms with E-state index in [1.54, 1.807) is 4.90 Å². The lowest BCUT2D eigenvalue weighted by Crippen LogP contribution is -2.29. The minimum absolute atomic E-state index is 0.0298. The molecule has 96 valence electrons. The first-order valence-corrected chi connectivity index (χ1v) is 6.53. The first-order valence-electron chi connectivity index (χ1n) is 5.74. The highest BCUT2D eigenvalue weighted by molar-refractivity contribution is 9.10. The molecule has 0 aliphatic carbocycles. The standard InChI is InChI=1S/C12H19BrN2O2/c1-14(6-4-3-5-7-16)12(17)11-8-10(13)9-15(11)2/h8-9,16H,3-7H2,1-2H3. The Morgan fingerprint density at radius 3 is 2.71 bits per heavy atom. The van der Waals surface area contributed by atoms with Gasteiger partial charge in [0.15, 0.2) is 0 Å². The van der Waals surface area contributed by atoms with Crippen molar-refractivity contribution in [2.75, 3.05) is 20.2 Å². The molecule has 5 heteroatoms. The Morgan fingerprint density at radius 1 is 1.47 bits per heavy atom. The van der Waals surface area contributed by atoms with Crippen LogP contribution in [0.5, 0.6) is 0 Å². The summed E-state index contributed by atoms with van der Waals surface area (Å²) >= 11 is 3.35. The van der Waals surface area contributed by atoms with Crippen LogP contribution in [0.1, 0.15) is 29.8 Å². The fourth-order valence-electron chi connectivity index (χ4n) is 1.67. The van der Waals surface area contributed by atoms with Crippen LogP contribution >= 0.6 is 15.9 Å². The zero-order valence-electron chi connectivity index (χ0n) is 10.3. The number of amides is 1. The smallest absolute Gasteiger partial charge is 0.270 e. The fraction of sp³-hybridized carbons (Fsp3) is 0.583. The lowest BCUT2D eigenvalue weighted by Gasteiger charge is -2.17. The van der Waals surface area contributed by atoms with Crippen molar-refractivity contribution in [3.05, 3.63) is 22.4 Å². The lowest BCUT2D eigenvalue weighted by molar-refractivity contribution is 0.0783. The largest absolute Gasteiger partial charge is 0.396 e. The van der Waals surface area contributed by atoms with Gasteiger partial charge in [0.25, 0.3) is 5.91 Å². The number of nitrogens with zero attached hydrogens (tertiary/aromatic N) is 2. The summed E-state index contributed by atoms with van der Waals surface area (Å²) in [6.07, 6.45) is 4.55. The van der Waals surface area contributed by atoms with Gasteiger partial charge in [0.1, 0.15) is 5.69 Å². The van der Waals surface area contributed by atoms with E-state index in [0.717, 1.165) is 30.3 Å². The Labute approximate surface area is 110 Å². The predicted octanol–water partition coefficient (Wildman–Crippen LogP) is 2.02. The molecule has 0 saturated carbocycles. The molecule has 0 aliphatic rings. The molecule has 0 atom stereocenters. The second kappa shape index (κ2) is 6.81. The van der Waals surface area contributed by atoms with Crippen molar-refractivity contribution in [2.24, 2.45) is 7.05 Å². The molecule has 1 aromatic rings. The molecule has 0 unspecified atom stereocenters. The summed E-state index contributed by atoms with van der Waals surface area (Å²) in [5.41, 5.74) is 0.682. The molecule has 0 spiro atoms. The van der Waals surface area contributed by atoms with E-state index in [0.29, 0.717) is 5.69 Å². The summed E-state index contributed by atoms with van der Waals surface area (Å²) in [4.78, 5) is 13.8. The molecule has 17 heavy (non-hydrogen) atoms. The summed E-state index contributed by atoms with van der Waals surface area (Å²) in [6.45, 7) is 0.948. The van der Waals surface area contributed by atoms with Crippen LogP contribution in [0.2, 0.25) is 0 Å². The van der Waals surface area contributed by atoms with Gasteiger partial charge in [-0.3, -0.25) is 4.79 Å².